The zero-order chi connectivity index (χ0) is 14.5. The molecular weight excluding hydrogens is 282 g/mol. The highest BCUT2D eigenvalue weighted by Gasteiger charge is 2.20. The summed E-state index contributed by atoms with van der Waals surface area (Å²) in [6.45, 7) is 2.89. The van der Waals surface area contributed by atoms with Gasteiger partial charge in [-0.15, -0.1) is 0 Å². The summed E-state index contributed by atoms with van der Waals surface area (Å²) in [5, 5.41) is 12.2. The summed E-state index contributed by atoms with van der Waals surface area (Å²) in [7, 11) is 0. The van der Waals surface area contributed by atoms with Crippen molar-refractivity contribution in [3.63, 3.8) is 0 Å². The summed E-state index contributed by atoms with van der Waals surface area (Å²) < 4.78 is 10.9. The minimum absolute atomic E-state index is 0.0423. The van der Waals surface area contributed by atoms with Crippen molar-refractivity contribution in [3.8, 4) is 11.5 Å². The number of halogens is 1. The lowest BCUT2D eigenvalue weighted by Gasteiger charge is -2.21. The number of carbonyl (C=O) groups is 1. The Balaban J connectivity index is 2.16. The maximum absolute atomic E-state index is 12.2. The Labute approximate surface area is 122 Å². The van der Waals surface area contributed by atoms with Gasteiger partial charge in [0.15, 0.2) is 11.5 Å². The van der Waals surface area contributed by atoms with E-state index in [0.717, 1.165) is 6.42 Å². The molecule has 1 atom stereocenters. The first-order valence-electron chi connectivity index (χ1n) is 6.66. The van der Waals surface area contributed by atoms with Crippen LogP contribution >= 0.6 is 11.6 Å². The second-order valence-electron chi connectivity index (χ2n) is 4.57. The Kier molecular flexibility index (Phi) is 5.09. The number of benzene rings is 1. The summed E-state index contributed by atoms with van der Waals surface area (Å²) in [6, 6.07) is 3.14. The number of rotatable bonds is 5. The number of hydrogen-bond donors (Lipinski definition) is 2. The van der Waals surface area contributed by atoms with Gasteiger partial charge in [0.25, 0.3) is 5.91 Å². The van der Waals surface area contributed by atoms with Crippen LogP contribution in [0, 0.1) is 0 Å². The van der Waals surface area contributed by atoms with E-state index in [2.05, 4.69) is 5.32 Å². The maximum Gasteiger partial charge on any atom is 0.251 e. The van der Waals surface area contributed by atoms with Crippen LogP contribution in [0.5, 0.6) is 11.5 Å². The van der Waals surface area contributed by atoms with Gasteiger partial charge in [0, 0.05) is 18.2 Å². The first kappa shape index (κ1) is 14.9. The summed E-state index contributed by atoms with van der Waals surface area (Å²) in [6.07, 6.45) is 1.28. The number of fused-ring (bicyclic) bond motifs is 1. The normalized spacial score (nSPS) is 14.8. The van der Waals surface area contributed by atoms with E-state index < -0.39 is 0 Å². The summed E-state index contributed by atoms with van der Waals surface area (Å²) in [4.78, 5) is 12.2. The lowest BCUT2D eigenvalue weighted by atomic mass is 10.1. The maximum atomic E-state index is 12.2. The smallest absolute Gasteiger partial charge is 0.251 e. The van der Waals surface area contributed by atoms with Crippen molar-refractivity contribution in [3.05, 3.63) is 22.7 Å². The first-order valence-corrected chi connectivity index (χ1v) is 7.04. The topological polar surface area (TPSA) is 67.8 Å². The molecule has 0 radical (unpaired) electrons. The van der Waals surface area contributed by atoms with E-state index in [4.69, 9.17) is 26.2 Å². The van der Waals surface area contributed by atoms with Gasteiger partial charge in [-0.2, -0.15) is 0 Å². The lowest BCUT2D eigenvalue weighted by molar-refractivity contribution is 0.0928. The van der Waals surface area contributed by atoms with E-state index in [9.17, 15) is 4.79 Å². The second kappa shape index (κ2) is 6.81. The third-order valence-electron chi connectivity index (χ3n) is 3.16. The van der Waals surface area contributed by atoms with E-state index in [0.29, 0.717) is 41.7 Å². The Bertz CT molecular complexity index is 492. The van der Waals surface area contributed by atoms with Crippen LogP contribution in [0.25, 0.3) is 0 Å². The van der Waals surface area contributed by atoms with E-state index in [1.165, 1.54) is 0 Å². The molecule has 0 spiro atoms. The Morgan fingerprint density at radius 2 is 2.20 bits per heavy atom. The number of ether oxygens (including phenoxy) is 2. The summed E-state index contributed by atoms with van der Waals surface area (Å²) in [5.41, 5.74) is 0.427. The highest BCUT2D eigenvalue weighted by Crippen LogP contribution is 2.38. The van der Waals surface area contributed by atoms with Gasteiger partial charge in [-0.05, 0) is 25.0 Å². The van der Waals surface area contributed by atoms with Crippen LogP contribution in [0.15, 0.2) is 12.1 Å². The molecule has 1 aromatic rings. The van der Waals surface area contributed by atoms with Crippen molar-refractivity contribution in [2.45, 2.75) is 25.8 Å². The van der Waals surface area contributed by atoms with E-state index >= 15 is 0 Å². The Morgan fingerprint density at radius 3 is 2.90 bits per heavy atom. The molecule has 1 unspecified atom stereocenters. The van der Waals surface area contributed by atoms with Crippen molar-refractivity contribution < 1.29 is 19.4 Å². The molecule has 1 aliphatic rings. The van der Waals surface area contributed by atoms with Crippen LogP contribution in [0.1, 0.15) is 30.1 Å². The molecule has 0 fully saturated rings. The van der Waals surface area contributed by atoms with Crippen molar-refractivity contribution in [1.29, 1.82) is 0 Å². The van der Waals surface area contributed by atoms with Gasteiger partial charge < -0.3 is 19.9 Å². The number of amides is 1. The van der Waals surface area contributed by atoms with E-state index in [1.54, 1.807) is 12.1 Å². The Hall–Kier alpha value is -1.46. The van der Waals surface area contributed by atoms with Crippen LogP contribution in [0.4, 0.5) is 0 Å². The third kappa shape index (κ3) is 3.35. The fourth-order valence-corrected chi connectivity index (χ4v) is 2.31. The van der Waals surface area contributed by atoms with Gasteiger partial charge in [0.2, 0.25) is 0 Å². The molecule has 0 saturated carbocycles. The number of aliphatic hydroxyl groups is 1. The van der Waals surface area contributed by atoms with Gasteiger partial charge in [0.05, 0.1) is 5.02 Å². The molecule has 0 aromatic heterocycles. The quantitative estimate of drug-likeness (QED) is 0.872. The van der Waals surface area contributed by atoms with Gasteiger partial charge in [-0.25, -0.2) is 0 Å². The summed E-state index contributed by atoms with van der Waals surface area (Å²) in [5.74, 6) is 0.741. The average Bonchev–Trinajstić information content (AvgIpc) is 2.46. The van der Waals surface area contributed by atoms with Gasteiger partial charge in [-0.1, -0.05) is 18.5 Å². The van der Waals surface area contributed by atoms with Crippen LogP contribution in [0.2, 0.25) is 5.02 Å². The lowest BCUT2D eigenvalue weighted by Crippen LogP contribution is -2.35. The number of carbonyl (C=O) groups excluding carboxylic acids is 1. The predicted molar refractivity (Wildman–Crippen MR) is 75.7 cm³/mol. The fraction of sp³-hybridized carbons (Fsp3) is 0.500. The number of hydrogen-bond acceptors (Lipinski definition) is 4. The zero-order valence-corrected chi connectivity index (χ0v) is 12.1. The third-order valence-corrected chi connectivity index (χ3v) is 3.45. The molecule has 110 valence electrons. The summed E-state index contributed by atoms with van der Waals surface area (Å²) >= 11 is 6.10. The minimum atomic E-state index is -0.232. The predicted octanol–water partition coefficient (Wildman–Crippen LogP) is 2.00. The molecule has 2 rings (SSSR count). The molecule has 0 aliphatic carbocycles. The van der Waals surface area contributed by atoms with Crippen molar-refractivity contribution in [2.75, 3.05) is 19.8 Å². The standard InChI is InChI=1S/C14H18ClNO4/c1-2-10(3-4-17)16-14(18)9-7-11(15)13-12(8-9)19-5-6-20-13/h7-8,10,17H,2-6H2,1H3,(H,16,18). The molecule has 1 aromatic carbocycles. The molecule has 1 amide bonds. The van der Waals surface area contributed by atoms with Gasteiger partial charge >= 0.3 is 0 Å². The molecule has 6 heteroatoms. The van der Waals surface area contributed by atoms with E-state index in [1.807, 2.05) is 6.92 Å². The number of nitrogens with one attached hydrogen (secondary N) is 1. The molecule has 5 nitrogen and oxygen atoms in total. The van der Waals surface area contributed by atoms with Gasteiger partial charge in [-0.3, -0.25) is 4.79 Å². The molecule has 20 heavy (non-hydrogen) atoms. The van der Waals surface area contributed by atoms with Gasteiger partial charge in [0.1, 0.15) is 13.2 Å². The van der Waals surface area contributed by atoms with Crippen LogP contribution in [-0.4, -0.2) is 36.9 Å². The zero-order valence-electron chi connectivity index (χ0n) is 11.3. The van der Waals surface area contributed by atoms with Crippen LogP contribution in [-0.2, 0) is 0 Å². The molecule has 0 bridgehead atoms. The first-order chi connectivity index (χ1) is 9.65. The molecule has 1 aliphatic heterocycles. The molecular formula is C14H18ClNO4. The molecule has 1 heterocycles. The fourth-order valence-electron chi connectivity index (χ4n) is 2.04. The highest BCUT2D eigenvalue weighted by molar-refractivity contribution is 6.32. The largest absolute Gasteiger partial charge is 0.486 e. The molecule has 2 N–H and O–H groups in total. The Morgan fingerprint density at radius 1 is 1.45 bits per heavy atom. The van der Waals surface area contributed by atoms with Crippen LogP contribution in [0.3, 0.4) is 0 Å². The minimum Gasteiger partial charge on any atom is -0.486 e. The second-order valence-corrected chi connectivity index (χ2v) is 4.98. The van der Waals surface area contributed by atoms with Crippen molar-refractivity contribution in [2.24, 2.45) is 0 Å². The van der Waals surface area contributed by atoms with Crippen molar-refractivity contribution >= 4 is 17.5 Å². The number of aliphatic hydroxyl groups excluding tert-OH is 1. The van der Waals surface area contributed by atoms with Crippen molar-refractivity contribution in [1.82, 2.24) is 5.32 Å². The van der Waals surface area contributed by atoms with Crippen LogP contribution < -0.4 is 14.8 Å². The average molecular weight is 300 g/mol. The van der Waals surface area contributed by atoms with E-state index in [-0.39, 0.29) is 18.6 Å². The monoisotopic (exact) mass is 299 g/mol. The SMILES string of the molecule is CCC(CCO)NC(=O)c1cc(Cl)c2c(c1)OCCO2. The molecule has 0 saturated heterocycles. The highest BCUT2D eigenvalue weighted by atomic mass is 35.5.